The van der Waals surface area contributed by atoms with Gasteiger partial charge in [-0.25, -0.2) is 0 Å². The molecule has 0 spiro atoms. The quantitative estimate of drug-likeness (QED) is 0.606. The van der Waals surface area contributed by atoms with Crippen molar-refractivity contribution in [1.29, 1.82) is 0 Å². The number of aryl methyl sites for hydroxylation is 1. The van der Waals surface area contributed by atoms with Crippen LogP contribution in [0, 0.1) is 18.8 Å². The highest BCUT2D eigenvalue weighted by Gasteiger charge is 2.21. The first kappa shape index (κ1) is 12.8. The third-order valence-corrected chi connectivity index (χ3v) is 2.66. The highest BCUT2D eigenvalue weighted by molar-refractivity contribution is 5.36. The van der Waals surface area contributed by atoms with Crippen molar-refractivity contribution in [3.8, 4) is 11.8 Å². The van der Waals surface area contributed by atoms with Crippen molar-refractivity contribution in [2.24, 2.45) is 0 Å². The van der Waals surface area contributed by atoms with Crippen LogP contribution in [0.4, 0.5) is 0 Å². The lowest BCUT2D eigenvalue weighted by Gasteiger charge is -2.19. The Morgan fingerprint density at radius 2 is 2.00 bits per heavy atom. The van der Waals surface area contributed by atoms with Crippen LogP contribution in [0.2, 0.25) is 0 Å². The van der Waals surface area contributed by atoms with E-state index < -0.39 is 5.60 Å². The minimum absolute atomic E-state index is 0.860. The lowest BCUT2D eigenvalue weighted by molar-refractivity contribution is 0.121. The monoisotopic (exact) mass is 216 g/mol. The Morgan fingerprint density at radius 1 is 1.31 bits per heavy atom. The summed E-state index contributed by atoms with van der Waals surface area (Å²) < 4.78 is 0. The van der Waals surface area contributed by atoms with Crippen molar-refractivity contribution in [3.05, 3.63) is 35.4 Å². The van der Waals surface area contributed by atoms with Gasteiger partial charge in [-0.2, -0.15) is 0 Å². The van der Waals surface area contributed by atoms with Gasteiger partial charge in [-0.15, -0.1) is 0 Å². The summed E-state index contributed by atoms with van der Waals surface area (Å²) in [4.78, 5) is 0. The van der Waals surface area contributed by atoms with Crippen molar-refractivity contribution in [2.45, 2.75) is 45.6 Å². The molecule has 0 fully saturated rings. The van der Waals surface area contributed by atoms with Crippen LogP contribution in [0.5, 0.6) is 0 Å². The molecule has 86 valence electrons. The van der Waals surface area contributed by atoms with Crippen LogP contribution in [0.1, 0.15) is 44.2 Å². The van der Waals surface area contributed by atoms with E-state index in [1.54, 1.807) is 6.92 Å². The van der Waals surface area contributed by atoms with Crippen LogP contribution in [-0.4, -0.2) is 5.11 Å². The van der Waals surface area contributed by atoms with Gasteiger partial charge in [-0.3, -0.25) is 0 Å². The van der Waals surface area contributed by atoms with Gasteiger partial charge in [0.1, 0.15) is 5.60 Å². The summed E-state index contributed by atoms with van der Waals surface area (Å²) >= 11 is 0. The van der Waals surface area contributed by atoms with Crippen LogP contribution in [0.15, 0.2) is 24.3 Å². The van der Waals surface area contributed by atoms with E-state index in [2.05, 4.69) is 18.8 Å². The van der Waals surface area contributed by atoms with Gasteiger partial charge < -0.3 is 5.11 Å². The number of benzene rings is 1. The van der Waals surface area contributed by atoms with Gasteiger partial charge in [0.2, 0.25) is 0 Å². The fraction of sp³-hybridized carbons (Fsp3) is 0.467. The first-order valence-electron chi connectivity index (χ1n) is 5.86. The standard InChI is InChI=1S/C15H20O/c1-4-5-6-9-12-15(3,16)14-11-8-7-10-13(14)2/h7-8,10-11,16H,4-6H2,1-3H3. The van der Waals surface area contributed by atoms with Crippen molar-refractivity contribution in [2.75, 3.05) is 0 Å². The van der Waals surface area contributed by atoms with E-state index in [9.17, 15) is 5.11 Å². The van der Waals surface area contributed by atoms with Gasteiger partial charge in [0.25, 0.3) is 0 Å². The van der Waals surface area contributed by atoms with E-state index in [-0.39, 0.29) is 0 Å². The Hall–Kier alpha value is -1.26. The average molecular weight is 216 g/mol. The van der Waals surface area contributed by atoms with Gasteiger partial charge in [0.05, 0.1) is 0 Å². The molecule has 0 aromatic heterocycles. The van der Waals surface area contributed by atoms with Crippen LogP contribution >= 0.6 is 0 Å². The number of unbranched alkanes of at least 4 members (excludes halogenated alkanes) is 2. The zero-order valence-electron chi connectivity index (χ0n) is 10.4. The maximum atomic E-state index is 10.3. The summed E-state index contributed by atoms with van der Waals surface area (Å²) in [6, 6.07) is 7.84. The highest BCUT2D eigenvalue weighted by atomic mass is 16.3. The van der Waals surface area contributed by atoms with Crippen LogP contribution in [-0.2, 0) is 5.60 Å². The minimum atomic E-state index is -1.03. The minimum Gasteiger partial charge on any atom is -0.374 e. The summed E-state index contributed by atoms with van der Waals surface area (Å²) in [5, 5.41) is 10.3. The fourth-order valence-electron chi connectivity index (χ4n) is 1.69. The molecule has 1 nitrogen and oxygen atoms in total. The molecule has 1 heteroatoms. The summed E-state index contributed by atoms with van der Waals surface area (Å²) in [6.07, 6.45) is 3.09. The van der Waals surface area contributed by atoms with Gasteiger partial charge in [-0.1, -0.05) is 49.5 Å². The molecule has 0 aliphatic heterocycles. The topological polar surface area (TPSA) is 20.2 Å². The van der Waals surface area contributed by atoms with E-state index >= 15 is 0 Å². The molecule has 0 amide bonds. The Balaban J connectivity index is 2.84. The Labute approximate surface area is 98.5 Å². The summed E-state index contributed by atoms with van der Waals surface area (Å²) in [7, 11) is 0. The molecule has 1 N–H and O–H groups in total. The first-order chi connectivity index (χ1) is 7.58. The van der Waals surface area contributed by atoms with Gasteiger partial charge in [0.15, 0.2) is 0 Å². The molecule has 1 rings (SSSR count). The SMILES string of the molecule is CCCCC#CC(C)(O)c1ccccc1C. The lowest BCUT2D eigenvalue weighted by atomic mass is 9.92. The molecule has 0 heterocycles. The Bertz CT molecular complexity index is 393. The summed E-state index contributed by atoms with van der Waals surface area (Å²) in [5.74, 6) is 6.01. The lowest BCUT2D eigenvalue weighted by Crippen LogP contribution is -2.19. The zero-order valence-corrected chi connectivity index (χ0v) is 10.4. The molecule has 16 heavy (non-hydrogen) atoms. The molecule has 0 bridgehead atoms. The van der Waals surface area contributed by atoms with Crippen molar-refractivity contribution in [3.63, 3.8) is 0 Å². The predicted octanol–water partition coefficient (Wildman–Crippen LogP) is 3.40. The number of rotatable bonds is 3. The van der Waals surface area contributed by atoms with Crippen LogP contribution < -0.4 is 0 Å². The number of hydrogen-bond acceptors (Lipinski definition) is 1. The van der Waals surface area contributed by atoms with E-state index in [0.717, 1.165) is 30.4 Å². The Morgan fingerprint density at radius 3 is 2.62 bits per heavy atom. The van der Waals surface area contributed by atoms with Crippen LogP contribution in [0.3, 0.4) is 0 Å². The molecule has 1 aromatic rings. The smallest absolute Gasteiger partial charge is 0.148 e. The molecule has 1 aromatic carbocycles. The van der Waals surface area contributed by atoms with Gasteiger partial charge in [0, 0.05) is 6.42 Å². The molecule has 1 atom stereocenters. The third-order valence-electron chi connectivity index (χ3n) is 2.66. The van der Waals surface area contributed by atoms with E-state index in [1.807, 2.05) is 31.2 Å². The maximum absolute atomic E-state index is 10.3. The van der Waals surface area contributed by atoms with Gasteiger partial charge in [-0.05, 0) is 31.4 Å². The second-order valence-electron chi connectivity index (χ2n) is 4.29. The molecule has 0 aliphatic carbocycles. The molecule has 0 aliphatic rings. The molecular weight excluding hydrogens is 196 g/mol. The number of hydrogen-bond donors (Lipinski definition) is 1. The molecule has 0 radical (unpaired) electrons. The Kier molecular flexibility index (Phi) is 4.58. The third kappa shape index (κ3) is 3.40. The van der Waals surface area contributed by atoms with Crippen molar-refractivity contribution >= 4 is 0 Å². The fourth-order valence-corrected chi connectivity index (χ4v) is 1.69. The summed E-state index contributed by atoms with van der Waals surface area (Å²) in [5.41, 5.74) is 0.954. The second-order valence-corrected chi connectivity index (χ2v) is 4.29. The molecular formula is C15H20O. The predicted molar refractivity (Wildman–Crippen MR) is 68.1 cm³/mol. The number of aliphatic hydroxyl groups is 1. The molecule has 1 unspecified atom stereocenters. The van der Waals surface area contributed by atoms with Gasteiger partial charge >= 0.3 is 0 Å². The van der Waals surface area contributed by atoms with E-state index in [0.29, 0.717) is 0 Å². The largest absolute Gasteiger partial charge is 0.374 e. The summed E-state index contributed by atoms with van der Waals surface area (Å²) in [6.45, 7) is 5.90. The van der Waals surface area contributed by atoms with E-state index in [1.165, 1.54) is 0 Å². The maximum Gasteiger partial charge on any atom is 0.148 e. The molecule has 0 saturated heterocycles. The average Bonchev–Trinajstić information content (AvgIpc) is 2.25. The highest BCUT2D eigenvalue weighted by Crippen LogP contribution is 2.22. The zero-order chi connectivity index (χ0) is 12.0. The van der Waals surface area contributed by atoms with E-state index in [4.69, 9.17) is 0 Å². The van der Waals surface area contributed by atoms with Crippen molar-refractivity contribution in [1.82, 2.24) is 0 Å². The normalized spacial score (nSPS) is 13.8. The molecule has 0 saturated carbocycles. The first-order valence-corrected chi connectivity index (χ1v) is 5.86. The second kappa shape index (κ2) is 5.72. The van der Waals surface area contributed by atoms with Crippen LogP contribution in [0.25, 0.3) is 0 Å². The van der Waals surface area contributed by atoms with Crippen molar-refractivity contribution < 1.29 is 5.11 Å².